The van der Waals surface area contributed by atoms with E-state index in [1.54, 1.807) is 6.07 Å². The number of hydrogen-bond donors (Lipinski definition) is 1. The highest BCUT2D eigenvalue weighted by molar-refractivity contribution is 6.02. The van der Waals surface area contributed by atoms with E-state index in [-0.39, 0.29) is 5.91 Å². The lowest BCUT2D eigenvalue weighted by Gasteiger charge is -2.05. The molecular formula is C15H13N3O. The number of benzene rings is 1. The monoisotopic (exact) mass is 251 g/mol. The third kappa shape index (κ3) is 3.17. The van der Waals surface area contributed by atoms with Gasteiger partial charge in [-0.1, -0.05) is 19.1 Å². The van der Waals surface area contributed by atoms with Crippen LogP contribution in [0.15, 0.2) is 42.6 Å². The topological polar surface area (TPSA) is 65.8 Å². The minimum atomic E-state index is -0.284. The highest BCUT2D eigenvalue weighted by atomic mass is 16.1. The van der Waals surface area contributed by atoms with Crippen molar-refractivity contribution in [1.82, 2.24) is 4.98 Å². The second-order valence-corrected chi connectivity index (χ2v) is 4.05. The number of aromatic nitrogens is 1. The molecule has 1 N–H and O–H groups in total. The van der Waals surface area contributed by atoms with Gasteiger partial charge in [0.15, 0.2) is 0 Å². The summed E-state index contributed by atoms with van der Waals surface area (Å²) in [6.07, 6.45) is 2.35. The molecule has 2 aromatic rings. The quantitative estimate of drug-likeness (QED) is 0.912. The minimum absolute atomic E-state index is 0.284. The van der Waals surface area contributed by atoms with Crippen LogP contribution in [0.5, 0.6) is 0 Å². The van der Waals surface area contributed by atoms with Crippen LogP contribution in [0.4, 0.5) is 5.69 Å². The van der Waals surface area contributed by atoms with Crippen molar-refractivity contribution >= 4 is 11.6 Å². The number of amides is 1. The predicted octanol–water partition coefficient (Wildman–Crippen LogP) is 2.77. The van der Waals surface area contributed by atoms with Gasteiger partial charge in [0.05, 0.1) is 5.56 Å². The molecule has 0 spiro atoms. The summed E-state index contributed by atoms with van der Waals surface area (Å²) in [5.41, 5.74) is 2.67. The number of nitriles is 1. The van der Waals surface area contributed by atoms with E-state index in [0.717, 1.165) is 12.1 Å². The Bertz CT molecular complexity index is 609. The van der Waals surface area contributed by atoms with Crippen LogP contribution >= 0.6 is 0 Å². The Morgan fingerprint density at radius 2 is 2.00 bits per heavy atom. The highest BCUT2D eigenvalue weighted by Gasteiger charge is 2.07. The minimum Gasteiger partial charge on any atom is -0.321 e. The molecule has 19 heavy (non-hydrogen) atoms. The lowest BCUT2D eigenvalue weighted by atomic mass is 10.1. The normalized spacial score (nSPS) is 9.68. The van der Waals surface area contributed by atoms with E-state index in [9.17, 15) is 4.79 Å². The second-order valence-electron chi connectivity index (χ2n) is 4.05. The fraction of sp³-hybridized carbons (Fsp3) is 0.133. The zero-order valence-corrected chi connectivity index (χ0v) is 10.6. The smallest absolute Gasteiger partial charge is 0.274 e. The van der Waals surface area contributed by atoms with Gasteiger partial charge in [0.2, 0.25) is 0 Å². The van der Waals surface area contributed by atoms with Gasteiger partial charge in [0.1, 0.15) is 11.8 Å². The Balaban J connectivity index is 2.09. The average molecular weight is 251 g/mol. The molecule has 2 rings (SSSR count). The SMILES string of the molecule is CCc1ccc(NC(=O)c2ccc(C#N)cn2)cc1. The summed E-state index contributed by atoms with van der Waals surface area (Å²) in [6.45, 7) is 2.08. The van der Waals surface area contributed by atoms with E-state index < -0.39 is 0 Å². The van der Waals surface area contributed by atoms with Gasteiger partial charge in [-0.15, -0.1) is 0 Å². The molecule has 94 valence electrons. The van der Waals surface area contributed by atoms with Crippen molar-refractivity contribution in [1.29, 1.82) is 5.26 Å². The van der Waals surface area contributed by atoms with E-state index in [4.69, 9.17) is 5.26 Å². The molecule has 1 aromatic heterocycles. The largest absolute Gasteiger partial charge is 0.321 e. The first-order chi connectivity index (χ1) is 9.22. The Hall–Kier alpha value is -2.67. The number of aryl methyl sites for hydroxylation is 1. The Labute approximate surface area is 111 Å². The molecule has 0 bridgehead atoms. The molecule has 0 fully saturated rings. The van der Waals surface area contributed by atoms with Gasteiger partial charge in [0, 0.05) is 11.9 Å². The number of nitrogens with one attached hydrogen (secondary N) is 1. The van der Waals surface area contributed by atoms with Crippen molar-refractivity contribution in [3.63, 3.8) is 0 Å². The van der Waals surface area contributed by atoms with Gasteiger partial charge < -0.3 is 5.32 Å². The molecule has 4 nitrogen and oxygen atoms in total. The first kappa shape index (κ1) is 12.8. The number of nitrogens with zero attached hydrogens (tertiary/aromatic N) is 2. The van der Waals surface area contributed by atoms with Gasteiger partial charge >= 0.3 is 0 Å². The predicted molar refractivity (Wildman–Crippen MR) is 72.7 cm³/mol. The molecule has 0 unspecified atom stereocenters. The molecule has 1 amide bonds. The average Bonchev–Trinajstić information content (AvgIpc) is 2.48. The van der Waals surface area contributed by atoms with Crippen LogP contribution in [0.1, 0.15) is 28.5 Å². The maximum atomic E-state index is 11.9. The molecule has 0 radical (unpaired) electrons. The lowest BCUT2D eigenvalue weighted by Crippen LogP contribution is -2.13. The van der Waals surface area contributed by atoms with E-state index in [1.807, 2.05) is 30.3 Å². The maximum absolute atomic E-state index is 11.9. The fourth-order valence-electron chi connectivity index (χ4n) is 1.61. The third-order valence-electron chi connectivity index (χ3n) is 2.75. The van der Waals surface area contributed by atoms with Crippen molar-refractivity contribution in [3.05, 3.63) is 59.4 Å². The zero-order valence-electron chi connectivity index (χ0n) is 10.6. The van der Waals surface area contributed by atoms with Gasteiger partial charge in [0.25, 0.3) is 5.91 Å². The van der Waals surface area contributed by atoms with E-state index in [0.29, 0.717) is 11.3 Å². The molecule has 0 atom stereocenters. The number of carbonyl (C=O) groups excluding carboxylic acids is 1. The summed E-state index contributed by atoms with van der Waals surface area (Å²) in [7, 11) is 0. The Kier molecular flexibility index (Phi) is 3.89. The maximum Gasteiger partial charge on any atom is 0.274 e. The molecule has 0 saturated carbocycles. The van der Waals surface area contributed by atoms with E-state index >= 15 is 0 Å². The summed E-state index contributed by atoms with van der Waals surface area (Å²) >= 11 is 0. The Morgan fingerprint density at radius 1 is 1.26 bits per heavy atom. The summed E-state index contributed by atoms with van der Waals surface area (Å²) in [5, 5.41) is 11.4. The van der Waals surface area contributed by atoms with Crippen molar-refractivity contribution in [2.24, 2.45) is 0 Å². The fourth-order valence-corrected chi connectivity index (χ4v) is 1.61. The van der Waals surface area contributed by atoms with Crippen LogP contribution in [-0.4, -0.2) is 10.9 Å². The molecule has 1 aromatic carbocycles. The van der Waals surface area contributed by atoms with Crippen molar-refractivity contribution in [2.75, 3.05) is 5.32 Å². The van der Waals surface area contributed by atoms with Gasteiger partial charge in [-0.05, 0) is 36.2 Å². The highest BCUT2D eigenvalue weighted by Crippen LogP contribution is 2.11. The molecule has 0 aliphatic heterocycles. The van der Waals surface area contributed by atoms with Crippen LogP contribution in [0.3, 0.4) is 0 Å². The van der Waals surface area contributed by atoms with E-state index in [1.165, 1.54) is 17.8 Å². The molecule has 1 heterocycles. The number of carbonyl (C=O) groups is 1. The van der Waals surface area contributed by atoms with Crippen molar-refractivity contribution in [3.8, 4) is 6.07 Å². The van der Waals surface area contributed by atoms with Gasteiger partial charge in [-0.25, -0.2) is 4.98 Å². The summed E-state index contributed by atoms with van der Waals surface area (Å²) in [6, 6.07) is 12.7. The van der Waals surface area contributed by atoms with Crippen molar-refractivity contribution in [2.45, 2.75) is 13.3 Å². The standard InChI is InChI=1S/C15H13N3O/c1-2-11-3-6-13(7-4-11)18-15(19)14-8-5-12(9-16)10-17-14/h3-8,10H,2H2,1H3,(H,18,19). The van der Waals surface area contributed by atoms with Crippen LogP contribution in [0.25, 0.3) is 0 Å². The molecular weight excluding hydrogens is 238 g/mol. The molecule has 0 saturated heterocycles. The van der Waals surface area contributed by atoms with Gasteiger partial charge in [-0.2, -0.15) is 5.26 Å². The van der Waals surface area contributed by atoms with E-state index in [2.05, 4.69) is 17.2 Å². The Morgan fingerprint density at radius 3 is 2.53 bits per heavy atom. The zero-order chi connectivity index (χ0) is 13.7. The lowest BCUT2D eigenvalue weighted by molar-refractivity contribution is 0.102. The van der Waals surface area contributed by atoms with Crippen LogP contribution < -0.4 is 5.32 Å². The molecule has 0 aliphatic rings. The summed E-state index contributed by atoms with van der Waals surface area (Å²) in [5.74, 6) is -0.284. The molecule has 0 aliphatic carbocycles. The number of rotatable bonds is 3. The van der Waals surface area contributed by atoms with Crippen molar-refractivity contribution < 1.29 is 4.79 Å². The molecule has 4 heteroatoms. The summed E-state index contributed by atoms with van der Waals surface area (Å²) < 4.78 is 0. The first-order valence-corrected chi connectivity index (χ1v) is 5.99. The second kappa shape index (κ2) is 5.78. The van der Waals surface area contributed by atoms with Crippen LogP contribution in [-0.2, 0) is 6.42 Å². The number of anilines is 1. The van der Waals surface area contributed by atoms with Crippen LogP contribution in [0, 0.1) is 11.3 Å². The number of hydrogen-bond acceptors (Lipinski definition) is 3. The first-order valence-electron chi connectivity index (χ1n) is 5.99. The van der Waals surface area contributed by atoms with Gasteiger partial charge in [-0.3, -0.25) is 4.79 Å². The third-order valence-corrected chi connectivity index (χ3v) is 2.75. The van der Waals surface area contributed by atoms with Crippen LogP contribution in [0.2, 0.25) is 0 Å². The summed E-state index contributed by atoms with van der Waals surface area (Å²) in [4.78, 5) is 15.9. The number of pyridine rings is 1.